The van der Waals surface area contributed by atoms with E-state index in [9.17, 15) is 4.79 Å². The molecule has 0 saturated carbocycles. The highest BCUT2D eigenvalue weighted by atomic mass is 35.5. The number of nitrogens with zero attached hydrogens (tertiary/aromatic N) is 4. The molecule has 5 nitrogen and oxygen atoms in total. The van der Waals surface area contributed by atoms with Crippen LogP contribution >= 0.6 is 23.4 Å². The number of para-hydroxylation sites is 1. The minimum absolute atomic E-state index is 0.0249. The number of hydrogen-bond donors (Lipinski definition) is 0. The molecule has 0 aliphatic carbocycles. The smallest absolute Gasteiger partial charge is 0.237 e. The van der Waals surface area contributed by atoms with Crippen molar-refractivity contribution in [2.45, 2.75) is 25.0 Å². The lowest BCUT2D eigenvalue weighted by Crippen LogP contribution is -2.38. The van der Waals surface area contributed by atoms with E-state index in [1.165, 1.54) is 11.8 Å². The van der Waals surface area contributed by atoms with Gasteiger partial charge in [0.1, 0.15) is 6.33 Å². The van der Waals surface area contributed by atoms with Crippen molar-refractivity contribution in [2.24, 2.45) is 0 Å². The summed E-state index contributed by atoms with van der Waals surface area (Å²) in [6.07, 6.45) is 1.62. The van der Waals surface area contributed by atoms with Gasteiger partial charge in [0.25, 0.3) is 0 Å². The number of amides is 1. The van der Waals surface area contributed by atoms with Crippen molar-refractivity contribution in [3.05, 3.63) is 65.9 Å². The van der Waals surface area contributed by atoms with E-state index in [-0.39, 0.29) is 17.7 Å². The SMILES string of the molecule is CC(C)N(C(=O)CSc1nncn1-c1cccc(Cl)c1)c1ccccc1. The third-order valence-corrected chi connectivity index (χ3v) is 4.91. The number of benzene rings is 2. The molecule has 1 amide bonds. The lowest BCUT2D eigenvalue weighted by atomic mass is 10.2. The van der Waals surface area contributed by atoms with Crippen molar-refractivity contribution in [3.63, 3.8) is 0 Å². The third kappa shape index (κ3) is 4.26. The molecule has 0 bridgehead atoms. The first-order chi connectivity index (χ1) is 12.6. The van der Waals surface area contributed by atoms with Gasteiger partial charge in [-0.25, -0.2) is 0 Å². The minimum Gasteiger partial charge on any atom is -0.309 e. The summed E-state index contributed by atoms with van der Waals surface area (Å²) in [5.41, 5.74) is 1.76. The van der Waals surface area contributed by atoms with Crippen LogP contribution in [0.4, 0.5) is 5.69 Å². The van der Waals surface area contributed by atoms with Crippen molar-refractivity contribution in [1.29, 1.82) is 0 Å². The number of carbonyl (C=O) groups is 1. The van der Waals surface area contributed by atoms with Crippen LogP contribution in [-0.2, 0) is 4.79 Å². The van der Waals surface area contributed by atoms with Crippen molar-refractivity contribution >= 4 is 35.0 Å². The molecular formula is C19H19ClN4OS. The van der Waals surface area contributed by atoms with Gasteiger partial charge in [0.2, 0.25) is 5.91 Å². The molecule has 7 heteroatoms. The van der Waals surface area contributed by atoms with E-state index in [1.807, 2.05) is 73.0 Å². The molecule has 0 aliphatic rings. The van der Waals surface area contributed by atoms with E-state index in [0.717, 1.165) is 11.4 Å². The van der Waals surface area contributed by atoms with Crippen molar-refractivity contribution in [2.75, 3.05) is 10.7 Å². The van der Waals surface area contributed by atoms with Gasteiger partial charge in [-0.2, -0.15) is 0 Å². The summed E-state index contributed by atoms with van der Waals surface area (Å²) in [6.45, 7) is 4.01. The summed E-state index contributed by atoms with van der Waals surface area (Å²) in [5, 5.41) is 9.39. The van der Waals surface area contributed by atoms with Gasteiger partial charge in [0.05, 0.1) is 11.4 Å². The maximum absolute atomic E-state index is 12.8. The van der Waals surface area contributed by atoms with Gasteiger partial charge in [0, 0.05) is 16.8 Å². The van der Waals surface area contributed by atoms with Crippen LogP contribution in [0.25, 0.3) is 5.69 Å². The molecule has 0 fully saturated rings. The highest BCUT2D eigenvalue weighted by molar-refractivity contribution is 7.99. The minimum atomic E-state index is 0.0249. The molecule has 1 aromatic heterocycles. The molecule has 0 atom stereocenters. The van der Waals surface area contributed by atoms with Gasteiger partial charge in [-0.15, -0.1) is 10.2 Å². The summed E-state index contributed by atoms with van der Waals surface area (Å²) < 4.78 is 1.83. The second kappa shape index (κ2) is 8.38. The molecule has 0 spiro atoms. The van der Waals surface area contributed by atoms with Crippen molar-refractivity contribution < 1.29 is 4.79 Å². The summed E-state index contributed by atoms with van der Waals surface area (Å²) in [6, 6.07) is 17.2. The summed E-state index contributed by atoms with van der Waals surface area (Å²) >= 11 is 7.42. The van der Waals surface area contributed by atoms with Gasteiger partial charge < -0.3 is 4.90 Å². The molecule has 134 valence electrons. The molecule has 2 aromatic carbocycles. The Morgan fingerprint density at radius 2 is 1.96 bits per heavy atom. The maximum atomic E-state index is 12.8. The topological polar surface area (TPSA) is 51.0 Å². The van der Waals surface area contributed by atoms with Gasteiger partial charge in [-0.3, -0.25) is 9.36 Å². The molecule has 0 N–H and O–H groups in total. The average Bonchev–Trinajstić information content (AvgIpc) is 3.09. The first-order valence-electron chi connectivity index (χ1n) is 8.22. The lowest BCUT2D eigenvalue weighted by molar-refractivity contribution is -0.116. The highest BCUT2D eigenvalue weighted by Gasteiger charge is 2.20. The van der Waals surface area contributed by atoms with Crippen molar-refractivity contribution in [1.82, 2.24) is 14.8 Å². The fourth-order valence-electron chi connectivity index (χ4n) is 2.64. The van der Waals surface area contributed by atoms with Crippen molar-refractivity contribution in [3.8, 4) is 5.69 Å². The first kappa shape index (κ1) is 18.5. The summed E-state index contributed by atoms with van der Waals surface area (Å²) in [7, 11) is 0. The molecule has 0 saturated heterocycles. The first-order valence-corrected chi connectivity index (χ1v) is 9.58. The number of anilines is 1. The zero-order valence-electron chi connectivity index (χ0n) is 14.5. The van der Waals surface area contributed by atoms with Crippen LogP contribution < -0.4 is 4.90 Å². The predicted octanol–water partition coefficient (Wildman–Crippen LogP) is 4.45. The zero-order valence-corrected chi connectivity index (χ0v) is 16.1. The van der Waals surface area contributed by atoms with E-state index in [1.54, 1.807) is 11.2 Å². The normalized spacial score (nSPS) is 10.9. The van der Waals surface area contributed by atoms with E-state index >= 15 is 0 Å². The van der Waals surface area contributed by atoms with E-state index in [2.05, 4.69) is 10.2 Å². The quantitative estimate of drug-likeness (QED) is 0.587. The van der Waals surface area contributed by atoms with Gasteiger partial charge in [-0.05, 0) is 44.2 Å². The Balaban J connectivity index is 1.75. The average molecular weight is 387 g/mol. The molecular weight excluding hydrogens is 368 g/mol. The van der Waals surface area contributed by atoms with Crippen LogP contribution in [0.5, 0.6) is 0 Å². The van der Waals surface area contributed by atoms with Crippen LogP contribution in [0.1, 0.15) is 13.8 Å². The van der Waals surface area contributed by atoms with Crippen LogP contribution in [-0.4, -0.2) is 32.5 Å². The van der Waals surface area contributed by atoms with Crippen LogP contribution in [0, 0.1) is 0 Å². The second-order valence-corrected chi connectivity index (χ2v) is 7.32. The standard InChI is InChI=1S/C19H19ClN4OS/c1-14(2)24(16-8-4-3-5-9-16)18(25)12-26-19-22-21-13-23(19)17-10-6-7-15(20)11-17/h3-11,13-14H,12H2,1-2H3. The fraction of sp³-hybridized carbons (Fsp3) is 0.211. The predicted molar refractivity (Wildman–Crippen MR) is 106 cm³/mol. The largest absolute Gasteiger partial charge is 0.309 e. The second-order valence-electron chi connectivity index (χ2n) is 5.95. The number of thioether (sulfide) groups is 1. The van der Waals surface area contributed by atoms with Gasteiger partial charge in [-0.1, -0.05) is 47.6 Å². The Labute approximate surface area is 162 Å². The molecule has 1 heterocycles. The monoisotopic (exact) mass is 386 g/mol. The number of halogens is 1. The molecule has 3 rings (SSSR count). The third-order valence-electron chi connectivity index (χ3n) is 3.75. The van der Waals surface area contributed by atoms with Crippen LogP contribution in [0.2, 0.25) is 5.02 Å². The Kier molecular flexibility index (Phi) is 5.96. The Bertz CT molecular complexity index is 882. The fourth-order valence-corrected chi connectivity index (χ4v) is 3.61. The Hall–Kier alpha value is -2.31. The van der Waals surface area contributed by atoms with E-state index < -0.39 is 0 Å². The summed E-state index contributed by atoms with van der Waals surface area (Å²) in [4.78, 5) is 14.6. The van der Waals surface area contributed by atoms with E-state index in [0.29, 0.717) is 10.2 Å². The Morgan fingerprint density at radius 1 is 1.19 bits per heavy atom. The van der Waals surface area contributed by atoms with Gasteiger partial charge >= 0.3 is 0 Å². The number of carbonyl (C=O) groups excluding carboxylic acids is 1. The van der Waals surface area contributed by atoms with E-state index in [4.69, 9.17) is 11.6 Å². The molecule has 0 aliphatic heterocycles. The molecule has 3 aromatic rings. The highest BCUT2D eigenvalue weighted by Crippen LogP contribution is 2.24. The van der Waals surface area contributed by atoms with Crippen LogP contribution in [0.3, 0.4) is 0 Å². The summed E-state index contributed by atoms with van der Waals surface area (Å²) in [5.74, 6) is 0.295. The Morgan fingerprint density at radius 3 is 2.65 bits per heavy atom. The number of aromatic nitrogens is 3. The van der Waals surface area contributed by atoms with Crippen LogP contribution in [0.15, 0.2) is 66.1 Å². The zero-order chi connectivity index (χ0) is 18.5. The molecule has 0 unspecified atom stereocenters. The molecule has 0 radical (unpaired) electrons. The molecule has 26 heavy (non-hydrogen) atoms. The number of hydrogen-bond acceptors (Lipinski definition) is 4. The maximum Gasteiger partial charge on any atom is 0.237 e. The lowest BCUT2D eigenvalue weighted by Gasteiger charge is -2.26. The number of rotatable bonds is 6. The van der Waals surface area contributed by atoms with Gasteiger partial charge in [0.15, 0.2) is 5.16 Å².